The number of phenols is 1. The molecule has 1 heterocycles. The molecule has 7 nitrogen and oxygen atoms in total. The normalized spacial score (nSPS) is 16.8. The largest absolute Gasteiger partial charge is 0.507 e. The SMILES string of the molecule is COc1ccc(O)c(C(=O)NC2(CC(=O)O)CCOCC2)c1. The number of carbonyl (C=O) groups excluding carboxylic acids is 1. The van der Waals surface area contributed by atoms with Gasteiger partial charge in [0.25, 0.3) is 5.91 Å². The predicted octanol–water partition coefficient (Wildman–Crippen LogP) is 1.15. The minimum atomic E-state index is -0.989. The number of carboxylic acids is 1. The van der Waals surface area contributed by atoms with E-state index in [-0.39, 0.29) is 17.7 Å². The highest BCUT2D eigenvalue weighted by atomic mass is 16.5. The Kier molecular flexibility index (Phi) is 4.87. The van der Waals surface area contributed by atoms with Gasteiger partial charge in [0.05, 0.1) is 24.6 Å². The molecule has 22 heavy (non-hydrogen) atoms. The quantitative estimate of drug-likeness (QED) is 0.753. The van der Waals surface area contributed by atoms with Gasteiger partial charge < -0.3 is 25.0 Å². The molecule has 120 valence electrons. The molecule has 0 aliphatic carbocycles. The zero-order chi connectivity index (χ0) is 16.2. The fraction of sp³-hybridized carbons (Fsp3) is 0.467. The summed E-state index contributed by atoms with van der Waals surface area (Å²) in [7, 11) is 1.46. The van der Waals surface area contributed by atoms with Crippen molar-refractivity contribution in [2.75, 3.05) is 20.3 Å². The van der Waals surface area contributed by atoms with Crippen molar-refractivity contribution >= 4 is 11.9 Å². The number of hydrogen-bond donors (Lipinski definition) is 3. The van der Waals surface area contributed by atoms with E-state index in [2.05, 4.69) is 5.32 Å². The van der Waals surface area contributed by atoms with Gasteiger partial charge in [-0.2, -0.15) is 0 Å². The molecule has 1 aliphatic heterocycles. The number of rotatable bonds is 5. The highest BCUT2D eigenvalue weighted by Gasteiger charge is 2.37. The summed E-state index contributed by atoms with van der Waals surface area (Å²) in [6.45, 7) is 0.773. The first-order valence-electron chi connectivity index (χ1n) is 6.95. The van der Waals surface area contributed by atoms with Crippen molar-refractivity contribution in [2.45, 2.75) is 24.8 Å². The lowest BCUT2D eigenvalue weighted by Crippen LogP contribution is -2.53. The van der Waals surface area contributed by atoms with Crippen LogP contribution in [-0.4, -0.2) is 48.0 Å². The lowest BCUT2D eigenvalue weighted by molar-refractivity contribution is -0.139. The maximum absolute atomic E-state index is 12.4. The van der Waals surface area contributed by atoms with Gasteiger partial charge in [0.15, 0.2) is 0 Å². The van der Waals surface area contributed by atoms with Crippen LogP contribution in [0.4, 0.5) is 0 Å². The molecule has 1 amide bonds. The third kappa shape index (κ3) is 3.67. The highest BCUT2D eigenvalue weighted by molar-refractivity contribution is 5.98. The van der Waals surface area contributed by atoms with Crippen LogP contribution < -0.4 is 10.1 Å². The molecule has 1 aromatic rings. The number of aromatic hydroxyl groups is 1. The predicted molar refractivity (Wildman–Crippen MR) is 77.2 cm³/mol. The van der Waals surface area contributed by atoms with E-state index in [9.17, 15) is 14.7 Å². The Balaban J connectivity index is 2.22. The second-order valence-corrected chi connectivity index (χ2v) is 5.30. The van der Waals surface area contributed by atoms with E-state index in [1.165, 1.54) is 25.3 Å². The summed E-state index contributed by atoms with van der Waals surface area (Å²) in [5, 5.41) is 21.7. The zero-order valence-corrected chi connectivity index (χ0v) is 12.3. The van der Waals surface area contributed by atoms with Crippen molar-refractivity contribution in [3.05, 3.63) is 23.8 Å². The van der Waals surface area contributed by atoms with Gasteiger partial charge in [-0.05, 0) is 31.0 Å². The minimum Gasteiger partial charge on any atom is -0.507 e. The average Bonchev–Trinajstić information content (AvgIpc) is 2.47. The number of methoxy groups -OCH3 is 1. The van der Waals surface area contributed by atoms with Crippen molar-refractivity contribution < 1.29 is 29.3 Å². The number of carbonyl (C=O) groups is 2. The number of ether oxygens (including phenoxy) is 2. The van der Waals surface area contributed by atoms with E-state index in [4.69, 9.17) is 14.6 Å². The van der Waals surface area contributed by atoms with Crippen LogP contribution in [0.15, 0.2) is 18.2 Å². The van der Waals surface area contributed by atoms with Crippen LogP contribution in [0.1, 0.15) is 29.6 Å². The van der Waals surface area contributed by atoms with Crippen molar-refractivity contribution in [2.24, 2.45) is 0 Å². The van der Waals surface area contributed by atoms with Crippen LogP contribution >= 0.6 is 0 Å². The van der Waals surface area contributed by atoms with Crippen molar-refractivity contribution in [1.29, 1.82) is 0 Å². The highest BCUT2D eigenvalue weighted by Crippen LogP contribution is 2.28. The van der Waals surface area contributed by atoms with Gasteiger partial charge in [0.2, 0.25) is 0 Å². The summed E-state index contributed by atoms with van der Waals surface area (Å²) in [5.41, 5.74) is -0.813. The van der Waals surface area contributed by atoms with E-state index in [1.807, 2.05) is 0 Å². The summed E-state index contributed by atoms with van der Waals surface area (Å²) in [4.78, 5) is 23.5. The molecule has 0 aromatic heterocycles. The second-order valence-electron chi connectivity index (χ2n) is 5.30. The Morgan fingerprint density at radius 2 is 2.05 bits per heavy atom. The molecule has 3 N–H and O–H groups in total. The molecule has 1 aliphatic rings. The number of amides is 1. The van der Waals surface area contributed by atoms with Crippen LogP contribution in [0.25, 0.3) is 0 Å². The standard InChI is InChI=1S/C15H19NO6/c1-21-10-2-3-12(17)11(8-10)14(20)16-15(9-13(18)19)4-6-22-7-5-15/h2-3,8,17H,4-7,9H2,1H3,(H,16,20)(H,18,19). The smallest absolute Gasteiger partial charge is 0.305 e. The molecule has 0 atom stereocenters. The van der Waals surface area contributed by atoms with E-state index in [0.29, 0.717) is 31.8 Å². The first-order chi connectivity index (χ1) is 10.5. The monoisotopic (exact) mass is 309 g/mol. The van der Waals surface area contributed by atoms with Gasteiger partial charge in [0, 0.05) is 13.2 Å². The van der Waals surface area contributed by atoms with Gasteiger partial charge in [0.1, 0.15) is 11.5 Å². The number of carboxylic acid groups (broad SMARTS) is 1. The van der Waals surface area contributed by atoms with Crippen LogP contribution in [0.3, 0.4) is 0 Å². The van der Waals surface area contributed by atoms with Gasteiger partial charge >= 0.3 is 5.97 Å². The minimum absolute atomic E-state index is 0.0515. The van der Waals surface area contributed by atoms with E-state index in [0.717, 1.165) is 0 Å². The van der Waals surface area contributed by atoms with Crippen LogP contribution in [0, 0.1) is 0 Å². The zero-order valence-electron chi connectivity index (χ0n) is 12.3. The Labute approximate surface area is 127 Å². The van der Waals surface area contributed by atoms with Crippen molar-refractivity contribution in [1.82, 2.24) is 5.32 Å². The number of phenolic OH excluding ortho intramolecular Hbond substituents is 1. The van der Waals surface area contributed by atoms with E-state index in [1.54, 1.807) is 0 Å². The lowest BCUT2D eigenvalue weighted by Gasteiger charge is -2.36. The molecular formula is C15H19NO6. The molecular weight excluding hydrogens is 290 g/mol. The van der Waals surface area contributed by atoms with Crippen LogP contribution in [0.2, 0.25) is 0 Å². The first-order valence-corrected chi connectivity index (χ1v) is 6.95. The summed E-state index contributed by atoms with van der Waals surface area (Å²) in [6.07, 6.45) is 0.637. The molecule has 2 rings (SSSR count). The number of benzene rings is 1. The van der Waals surface area contributed by atoms with E-state index >= 15 is 0 Å². The molecule has 1 aromatic carbocycles. The lowest BCUT2D eigenvalue weighted by atomic mass is 9.86. The first kappa shape index (κ1) is 16.1. The Morgan fingerprint density at radius 3 is 2.64 bits per heavy atom. The summed E-state index contributed by atoms with van der Waals surface area (Å²) in [5.74, 6) is -1.27. The molecule has 0 radical (unpaired) electrons. The molecule has 7 heteroatoms. The molecule has 0 bridgehead atoms. The molecule has 1 fully saturated rings. The maximum Gasteiger partial charge on any atom is 0.305 e. The van der Waals surface area contributed by atoms with Crippen LogP contribution in [0.5, 0.6) is 11.5 Å². The van der Waals surface area contributed by atoms with Gasteiger partial charge in [-0.1, -0.05) is 0 Å². The second kappa shape index (κ2) is 6.65. The average molecular weight is 309 g/mol. The third-order valence-electron chi connectivity index (χ3n) is 3.77. The number of nitrogens with one attached hydrogen (secondary N) is 1. The van der Waals surface area contributed by atoms with E-state index < -0.39 is 17.4 Å². The van der Waals surface area contributed by atoms with Gasteiger partial charge in [-0.3, -0.25) is 9.59 Å². The Hall–Kier alpha value is -2.28. The summed E-state index contributed by atoms with van der Waals surface area (Å²) >= 11 is 0. The summed E-state index contributed by atoms with van der Waals surface area (Å²) < 4.78 is 10.3. The third-order valence-corrected chi connectivity index (χ3v) is 3.77. The Morgan fingerprint density at radius 1 is 1.36 bits per heavy atom. The molecule has 0 unspecified atom stereocenters. The van der Waals surface area contributed by atoms with Crippen LogP contribution in [-0.2, 0) is 9.53 Å². The van der Waals surface area contributed by atoms with Crippen molar-refractivity contribution in [3.63, 3.8) is 0 Å². The number of aliphatic carboxylic acids is 1. The Bertz CT molecular complexity index is 565. The number of hydrogen-bond acceptors (Lipinski definition) is 5. The maximum atomic E-state index is 12.4. The van der Waals surface area contributed by atoms with Crippen molar-refractivity contribution in [3.8, 4) is 11.5 Å². The molecule has 0 saturated carbocycles. The van der Waals surface area contributed by atoms with Gasteiger partial charge in [-0.15, -0.1) is 0 Å². The topological polar surface area (TPSA) is 105 Å². The fourth-order valence-electron chi connectivity index (χ4n) is 2.53. The fourth-order valence-corrected chi connectivity index (χ4v) is 2.53. The van der Waals surface area contributed by atoms with Gasteiger partial charge in [-0.25, -0.2) is 0 Å². The molecule has 0 spiro atoms. The molecule has 1 saturated heterocycles. The summed E-state index contributed by atoms with van der Waals surface area (Å²) in [6, 6.07) is 4.31.